The molecule has 0 saturated heterocycles. The van der Waals surface area contributed by atoms with Crippen LogP contribution in [0.5, 0.6) is 0 Å². The van der Waals surface area contributed by atoms with Crippen molar-refractivity contribution in [2.24, 2.45) is 0 Å². The van der Waals surface area contributed by atoms with Gasteiger partial charge in [-0.3, -0.25) is 4.79 Å². The van der Waals surface area contributed by atoms with E-state index in [0.29, 0.717) is 12.1 Å². The predicted molar refractivity (Wildman–Crippen MR) is 138 cm³/mol. The highest BCUT2D eigenvalue weighted by Crippen LogP contribution is 2.38. The molecule has 0 saturated carbocycles. The van der Waals surface area contributed by atoms with E-state index in [4.69, 9.17) is 4.98 Å². The summed E-state index contributed by atoms with van der Waals surface area (Å²) in [7, 11) is 0. The normalized spacial score (nSPS) is 11.1. The lowest BCUT2D eigenvalue weighted by atomic mass is 10.0. The molecule has 4 rings (SSSR count). The molecule has 1 N–H and O–H groups in total. The van der Waals surface area contributed by atoms with Gasteiger partial charge in [-0.2, -0.15) is 0 Å². The average molecular weight is 474 g/mol. The Labute approximate surface area is 204 Å². The first-order valence-corrected chi connectivity index (χ1v) is 12.4. The monoisotopic (exact) mass is 473 g/mol. The first-order chi connectivity index (χ1) is 16.5. The maximum atomic E-state index is 13.3. The van der Waals surface area contributed by atoms with Gasteiger partial charge in [0.05, 0.1) is 11.4 Å². The molecule has 4 nitrogen and oxygen atoms in total. The van der Waals surface area contributed by atoms with Crippen LogP contribution in [0.15, 0.2) is 90.1 Å². The minimum Gasteiger partial charge on any atom is -0.352 e. The van der Waals surface area contributed by atoms with Gasteiger partial charge in [0.2, 0.25) is 0 Å². The summed E-state index contributed by atoms with van der Waals surface area (Å²) in [6, 6.07) is 26.6. The molecule has 4 aromatic rings. The van der Waals surface area contributed by atoms with E-state index >= 15 is 0 Å². The molecule has 0 atom stereocenters. The number of hydrogen-bond acceptors (Lipinski definition) is 3. The van der Waals surface area contributed by atoms with E-state index in [1.54, 1.807) is 23.9 Å². The van der Waals surface area contributed by atoms with Crippen molar-refractivity contribution in [1.29, 1.82) is 0 Å². The first kappa shape index (κ1) is 23.8. The van der Waals surface area contributed by atoms with E-state index in [9.17, 15) is 9.18 Å². The molecule has 0 spiro atoms. The number of imidazole rings is 1. The summed E-state index contributed by atoms with van der Waals surface area (Å²) in [5.41, 5.74) is 4.65. The van der Waals surface area contributed by atoms with Gasteiger partial charge in [0, 0.05) is 35.0 Å². The smallest absolute Gasteiger partial charge is 0.251 e. The van der Waals surface area contributed by atoms with Crippen LogP contribution in [-0.2, 0) is 0 Å². The standard InChI is InChI=1S/C28H28FN3OS/c1-20(2)32-26(22-13-7-4-8-14-22)25(21-11-5-3-6-12-21)31-28(32)34-18-10-17-30-27(33)23-15-9-16-24(29)19-23/h3-9,11-16,19-20H,10,17-18H2,1-2H3,(H,30,33). The molecule has 0 unspecified atom stereocenters. The summed E-state index contributed by atoms with van der Waals surface area (Å²) in [5, 5.41) is 3.83. The molecule has 0 fully saturated rings. The van der Waals surface area contributed by atoms with Gasteiger partial charge in [-0.25, -0.2) is 9.37 Å². The molecule has 34 heavy (non-hydrogen) atoms. The topological polar surface area (TPSA) is 46.9 Å². The van der Waals surface area contributed by atoms with Crippen LogP contribution in [0.2, 0.25) is 0 Å². The molecule has 1 heterocycles. The molecular formula is C28H28FN3OS. The van der Waals surface area contributed by atoms with Gasteiger partial charge < -0.3 is 9.88 Å². The van der Waals surface area contributed by atoms with E-state index in [0.717, 1.165) is 39.8 Å². The molecular weight excluding hydrogens is 445 g/mol. The lowest BCUT2D eigenvalue weighted by Gasteiger charge is -2.16. The van der Waals surface area contributed by atoms with Crippen molar-refractivity contribution >= 4 is 17.7 Å². The minimum absolute atomic E-state index is 0.232. The van der Waals surface area contributed by atoms with Gasteiger partial charge >= 0.3 is 0 Å². The number of thioether (sulfide) groups is 1. The van der Waals surface area contributed by atoms with Gasteiger partial charge in [-0.05, 0) is 38.5 Å². The highest BCUT2D eigenvalue weighted by Gasteiger charge is 2.21. The van der Waals surface area contributed by atoms with E-state index in [-0.39, 0.29) is 11.9 Å². The largest absolute Gasteiger partial charge is 0.352 e. The SMILES string of the molecule is CC(C)n1c(SCCCNC(=O)c2cccc(F)c2)nc(-c2ccccc2)c1-c1ccccc1. The summed E-state index contributed by atoms with van der Waals surface area (Å²) in [6.45, 7) is 4.86. The summed E-state index contributed by atoms with van der Waals surface area (Å²) in [5.74, 6) is 0.133. The van der Waals surface area contributed by atoms with Gasteiger partial charge in [0.15, 0.2) is 5.16 Å². The lowest BCUT2D eigenvalue weighted by molar-refractivity contribution is 0.0953. The van der Waals surface area contributed by atoms with E-state index in [2.05, 4.69) is 60.1 Å². The second-order valence-corrected chi connectivity index (χ2v) is 9.32. The summed E-state index contributed by atoms with van der Waals surface area (Å²) in [4.78, 5) is 17.3. The number of carbonyl (C=O) groups excluding carboxylic acids is 1. The zero-order valence-corrected chi connectivity index (χ0v) is 20.2. The molecule has 0 aliphatic carbocycles. The van der Waals surface area contributed by atoms with Crippen molar-refractivity contribution in [1.82, 2.24) is 14.9 Å². The second kappa shape index (κ2) is 11.2. The third kappa shape index (κ3) is 5.57. The first-order valence-electron chi connectivity index (χ1n) is 11.4. The van der Waals surface area contributed by atoms with Crippen LogP contribution in [0.4, 0.5) is 4.39 Å². The van der Waals surface area contributed by atoms with E-state index in [1.807, 2.05) is 24.3 Å². The number of hydrogen-bond donors (Lipinski definition) is 1. The zero-order valence-electron chi connectivity index (χ0n) is 19.4. The molecule has 6 heteroatoms. The Balaban J connectivity index is 1.50. The maximum Gasteiger partial charge on any atom is 0.251 e. The third-order valence-corrected chi connectivity index (χ3v) is 6.45. The Morgan fingerprint density at radius 3 is 2.29 bits per heavy atom. The molecule has 0 aliphatic heterocycles. The Morgan fingerprint density at radius 1 is 0.971 bits per heavy atom. The summed E-state index contributed by atoms with van der Waals surface area (Å²) >= 11 is 1.69. The molecule has 1 amide bonds. The van der Waals surface area contributed by atoms with Gasteiger partial charge in [-0.15, -0.1) is 0 Å². The van der Waals surface area contributed by atoms with Crippen molar-refractivity contribution in [3.63, 3.8) is 0 Å². The second-order valence-electron chi connectivity index (χ2n) is 8.26. The Morgan fingerprint density at radius 2 is 1.65 bits per heavy atom. The quantitative estimate of drug-likeness (QED) is 0.214. The number of halogens is 1. The highest BCUT2D eigenvalue weighted by atomic mass is 32.2. The number of amides is 1. The average Bonchev–Trinajstić information content (AvgIpc) is 3.24. The van der Waals surface area contributed by atoms with E-state index < -0.39 is 5.82 Å². The van der Waals surface area contributed by atoms with Crippen molar-refractivity contribution in [3.8, 4) is 22.5 Å². The summed E-state index contributed by atoms with van der Waals surface area (Å²) in [6.07, 6.45) is 0.776. The summed E-state index contributed by atoms with van der Waals surface area (Å²) < 4.78 is 15.6. The van der Waals surface area contributed by atoms with Crippen LogP contribution in [0.25, 0.3) is 22.5 Å². The molecule has 0 bridgehead atoms. The highest BCUT2D eigenvalue weighted by molar-refractivity contribution is 7.99. The predicted octanol–water partition coefficient (Wildman–Crippen LogP) is 6.85. The number of benzene rings is 3. The minimum atomic E-state index is -0.410. The van der Waals surface area contributed by atoms with Crippen LogP contribution in [0, 0.1) is 5.82 Å². The fourth-order valence-corrected chi connectivity index (χ4v) is 4.90. The number of nitrogens with one attached hydrogen (secondary N) is 1. The van der Waals surface area contributed by atoms with Crippen LogP contribution in [0.3, 0.4) is 0 Å². The van der Waals surface area contributed by atoms with Crippen LogP contribution in [-0.4, -0.2) is 27.8 Å². The van der Waals surface area contributed by atoms with Gasteiger partial charge in [0.1, 0.15) is 5.82 Å². The number of rotatable bonds is 9. The Hall–Kier alpha value is -3.38. The van der Waals surface area contributed by atoms with Crippen LogP contribution >= 0.6 is 11.8 Å². The fourth-order valence-electron chi connectivity index (χ4n) is 3.83. The number of carbonyl (C=O) groups is 1. The molecule has 0 radical (unpaired) electrons. The Bertz CT molecular complexity index is 1240. The fraction of sp³-hybridized carbons (Fsp3) is 0.214. The van der Waals surface area contributed by atoms with Crippen molar-refractivity contribution in [2.75, 3.05) is 12.3 Å². The zero-order chi connectivity index (χ0) is 23.9. The Kier molecular flexibility index (Phi) is 7.80. The molecule has 1 aromatic heterocycles. The molecule has 174 valence electrons. The van der Waals surface area contributed by atoms with Crippen molar-refractivity contribution in [2.45, 2.75) is 31.5 Å². The number of aromatic nitrogens is 2. The van der Waals surface area contributed by atoms with Gasteiger partial charge in [0.25, 0.3) is 5.91 Å². The van der Waals surface area contributed by atoms with Crippen LogP contribution in [0.1, 0.15) is 36.7 Å². The molecule has 3 aromatic carbocycles. The van der Waals surface area contributed by atoms with Gasteiger partial charge in [-0.1, -0.05) is 78.5 Å². The van der Waals surface area contributed by atoms with E-state index in [1.165, 1.54) is 12.1 Å². The van der Waals surface area contributed by atoms with Crippen LogP contribution < -0.4 is 5.32 Å². The number of nitrogens with zero attached hydrogens (tertiary/aromatic N) is 2. The van der Waals surface area contributed by atoms with Crippen molar-refractivity contribution in [3.05, 3.63) is 96.3 Å². The third-order valence-electron chi connectivity index (χ3n) is 5.41. The molecule has 0 aliphatic rings. The van der Waals surface area contributed by atoms with Crippen molar-refractivity contribution < 1.29 is 9.18 Å². The maximum absolute atomic E-state index is 13.3. The lowest BCUT2D eigenvalue weighted by Crippen LogP contribution is -2.24.